The van der Waals surface area contributed by atoms with Gasteiger partial charge in [0.25, 0.3) is 0 Å². The number of halogens is 2. The van der Waals surface area contributed by atoms with Crippen molar-refractivity contribution in [1.82, 2.24) is 4.98 Å². The lowest BCUT2D eigenvalue weighted by atomic mass is 10.1. The lowest BCUT2D eigenvalue weighted by Gasteiger charge is -2.23. The molecule has 4 heteroatoms. The minimum Gasteiger partial charge on any atom is -0.327 e. The minimum absolute atomic E-state index is 0.272. The molecular weight excluding hydrogens is 263 g/mol. The maximum absolute atomic E-state index is 13.9. The van der Waals surface area contributed by atoms with Gasteiger partial charge in [-0.05, 0) is 37.6 Å². The molecule has 0 fully saturated rings. The van der Waals surface area contributed by atoms with Crippen molar-refractivity contribution in [1.29, 1.82) is 0 Å². The maximum atomic E-state index is 13.9. The molecule has 1 aromatic carbocycles. The topological polar surface area (TPSA) is 16.1 Å². The van der Waals surface area contributed by atoms with Crippen LogP contribution >= 0.6 is 11.6 Å². The normalized spacial score (nSPS) is 10.6. The first-order valence-electron chi connectivity index (χ1n) is 6.06. The van der Waals surface area contributed by atoms with E-state index in [0.717, 1.165) is 16.8 Å². The number of anilines is 2. The number of alkyl halides is 1. The molecule has 0 aliphatic rings. The van der Waals surface area contributed by atoms with Gasteiger partial charge in [-0.1, -0.05) is 12.1 Å². The van der Waals surface area contributed by atoms with Gasteiger partial charge in [-0.25, -0.2) is 9.37 Å². The molecule has 1 heterocycles. The van der Waals surface area contributed by atoms with Crippen molar-refractivity contribution >= 4 is 23.1 Å². The van der Waals surface area contributed by atoms with Crippen LogP contribution in [0, 0.1) is 19.7 Å². The second-order valence-electron chi connectivity index (χ2n) is 4.53. The minimum atomic E-state index is -0.272. The summed E-state index contributed by atoms with van der Waals surface area (Å²) in [5, 5.41) is 0. The number of rotatable bonds is 3. The quantitative estimate of drug-likeness (QED) is 0.776. The van der Waals surface area contributed by atoms with E-state index in [2.05, 4.69) is 4.98 Å². The van der Waals surface area contributed by atoms with Crippen LogP contribution in [-0.4, -0.2) is 12.0 Å². The van der Waals surface area contributed by atoms with Crippen LogP contribution < -0.4 is 4.90 Å². The highest BCUT2D eigenvalue weighted by atomic mass is 35.5. The Morgan fingerprint density at radius 3 is 2.58 bits per heavy atom. The molecule has 0 bridgehead atoms. The van der Waals surface area contributed by atoms with Gasteiger partial charge < -0.3 is 4.90 Å². The molecule has 0 spiro atoms. The van der Waals surface area contributed by atoms with E-state index in [1.807, 2.05) is 19.9 Å². The van der Waals surface area contributed by atoms with Gasteiger partial charge in [-0.2, -0.15) is 0 Å². The molecule has 0 saturated carbocycles. The van der Waals surface area contributed by atoms with E-state index in [1.165, 1.54) is 6.07 Å². The summed E-state index contributed by atoms with van der Waals surface area (Å²) >= 11 is 6.00. The second kappa shape index (κ2) is 5.57. The fraction of sp³-hybridized carbons (Fsp3) is 0.267. The van der Waals surface area contributed by atoms with Crippen molar-refractivity contribution < 1.29 is 4.39 Å². The fourth-order valence-corrected chi connectivity index (χ4v) is 2.45. The van der Waals surface area contributed by atoms with E-state index in [4.69, 9.17) is 11.6 Å². The van der Waals surface area contributed by atoms with Gasteiger partial charge in [-0.3, -0.25) is 0 Å². The molecule has 0 radical (unpaired) electrons. The average Bonchev–Trinajstić information content (AvgIpc) is 2.37. The van der Waals surface area contributed by atoms with Gasteiger partial charge in [0.05, 0.1) is 11.6 Å². The summed E-state index contributed by atoms with van der Waals surface area (Å²) in [6, 6.07) is 8.62. The van der Waals surface area contributed by atoms with Crippen molar-refractivity contribution in [2.24, 2.45) is 0 Å². The van der Waals surface area contributed by atoms with Gasteiger partial charge >= 0.3 is 0 Å². The van der Waals surface area contributed by atoms with E-state index in [1.54, 1.807) is 30.1 Å². The lowest BCUT2D eigenvalue weighted by Crippen LogP contribution is -2.16. The lowest BCUT2D eigenvalue weighted by molar-refractivity contribution is 0.627. The Bertz CT molecular complexity index is 599. The van der Waals surface area contributed by atoms with E-state index in [0.29, 0.717) is 17.4 Å². The Labute approximate surface area is 117 Å². The molecule has 2 rings (SSSR count). The van der Waals surface area contributed by atoms with E-state index in [-0.39, 0.29) is 5.82 Å². The third-order valence-corrected chi connectivity index (χ3v) is 3.39. The summed E-state index contributed by atoms with van der Waals surface area (Å²) in [6.45, 7) is 3.91. The van der Waals surface area contributed by atoms with Gasteiger partial charge in [0.1, 0.15) is 11.6 Å². The second-order valence-corrected chi connectivity index (χ2v) is 4.79. The largest absolute Gasteiger partial charge is 0.327 e. The standard InChI is InChI=1S/C15H16ClFN2/c1-10-8-11(2)18-15(12(10)9-16)19(3)14-7-5-4-6-13(14)17/h4-8H,9H2,1-3H3. The zero-order valence-electron chi connectivity index (χ0n) is 11.2. The molecule has 0 unspecified atom stereocenters. The van der Waals surface area contributed by atoms with Gasteiger partial charge in [0.15, 0.2) is 0 Å². The fourth-order valence-electron chi connectivity index (χ4n) is 2.12. The van der Waals surface area contributed by atoms with Crippen molar-refractivity contribution in [3.05, 3.63) is 53.0 Å². The zero-order chi connectivity index (χ0) is 14.0. The van der Waals surface area contributed by atoms with Gasteiger partial charge in [0, 0.05) is 18.3 Å². The molecule has 0 amide bonds. The molecule has 19 heavy (non-hydrogen) atoms. The Morgan fingerprint density at radius 2 is 1.95 bits per heavy atom. The third kappa shape index (κ3) is 2.71. The monoisotopic (exact) mass is 278 g/mol. The first kappa shape index (κ1) is 13.8. The highest BCUT2D eigenvalue weighted by Gasteiger charge is 2.15. The number of nitrogens with zero attached hydrogens (tertiary/aromatic N) is 2. The summed E-state index contributed by atoms with van der Waals surface area (Å²) in [6.07, 6.45) is 0. The molecule has 0 saturated heterocycles. The van der Waals surface area contributed by atoms with Crippen LogP contribution in [-0.2, 0) is 5.88 Å². The Kier molecular flexibility index (Phi) is 4.05. The summed E-state index contributed by atoms with van der Waals surface area (Å²) in [4.78, 5) is 6.24. The molecule has 2 nitrogen and oxygen atoms in total. The van der Waals surface area contributed by atoms with Crippen LogP contribution in [0.3, 0.4) is 0 Å². The van der Waals surface area contributed by atoms with Crippen LogP contribution in [0.5, 0.6) is 0 Å². The molecule has 2 aromatic rings. The summed E-state index contributed by atoms with van der Waals surface area (Å²) in [5.74, 6) is 0.789. The number of aromatic nitrogens is 1. The van der Waals surface area contributed by atoms with Crippen LogP contribution in [0.25, 0.3) is 0 Å². The SMILES string of the molecule is Cc1cc(C)c(CCl)c(N(C)c2ccccc2F)n1. The highest BCUT2D eigenvalue weighted by molar-refractivity contribution is 6.17. The molecule has 0 aliphatic heterocycles. The van der Waals surface area contributed by atoms with Crippen molar-refractivity contribution in [3.8, 4) is 0 Å². The number of para-hydroxylation sites is 1. The van der Waals surface area contributed by atoms with Crippen molar-refractivity contribution in [2.75, 3.05) is 11.9 Å². The van der Waals surface area contributed by atoms with Crippen LogP contribution in [0.4, 0.5) is 15.9 Å². The molecule has 0 aliphatic carbocycles. The Morgan fingerprint density at radius 1 is 1.26 bits per heavy atom. The van der Waals surface area contributed by atoms with Crippen LogP contribution in [0.15, 0.2) is 30.3 Å². The summed E-state index contributed by atoms with van der Waals surface area (Å²) < 4.78 is 13.9. The predicted molar refractivity (Wildman–Crippen MR) is 77.7 cm³/mol. The summed E-state index contributed by atoms with van der Waals surface area (Å²) in [5.41, 5.74) is 3.38. The Hall–Kier alpha value is -1.61. The van der Waals surface area contributed by atoms with Crippen LogP contribution in [0.1, 0.15) is 16.8 Å². The number of pyridine rings is 1. The molecule has 100 valence electrons. The predicted octanol–water partition coefficient (Wildman–Crippen LogP) is 4.34. The third-order valence-electron chi connectivity index (χ3n) is 3.12. The van der Waals surface area contributed by atoms with Crippen molar-refractivity contribution in [3.63, 3.8) is 0 Å². The maximum Gasteiger partial charge on any atom is 0.146 e. The highest BCUT2D eigenvalue weighted by Crippen LogP contribution is 2.30. The molecule has 0 atom stereocenters. The van der Waals surface area contributed by atoms with Gasteiger partial charge in [-0.15, -0.1) is 11.6 Å². The zero-order valence-corrected chi connectivity index (χ0v) is 12.0. The Balaban J connectivity index is 2.55. The average molecular weight is 279 g/mol. The molecule has 1 aromatic heterocycles. The first-order valence-corrected chi connectivity index (χ1v) is 6.59. The first-order chi connectivity index (χ1) is 9.04. The van der Waals surface area contributed by atoms with Gasteiger partial charge in [0.2, 0.25) is 0 Å². The number of hydrogen-bond donors (Lipinski definition) is 0. The summed E-state index contributed by atoms with van der Waals surface area (Å²) in [7, 11) is 1.80. The van der Waals surface area contributed by atoms with E-state index in [9.17, 15) is 4.39 Å². The van der Waals surface area contributed by atoms with Crippen molar-refractivity contribution in [2.45, 2.75) is 19.7 Å². The number of aryl methyl sites for hydroxylation is 2. The van der Waals surface area contributed by atoms with Crippen LogP contribution in [0.2, 0.25) is 0 Å². The molecular formula is C15H16ClFN2. The van der Waals surface area contributed by atoms with E-state index < -0.39 is 0 Å². The molecule has 0 N–H and O–H groups in total. The number of benzene rings is 1. The number of hydrogen-bond acceptors (Lipinski definition) is 2. The smallest absolute Gasteiger partial charge is 0.146 e. The van der Waals surface area contributed by atoms with E-state index >= 15 is 0 Å².